The van der Waals surface area contributed by atoms with E-state index in [1.54, 1.807) is 0 Å². The number of hydrogen-bond donors (Lipinski definition) is 1. The summed E-state index contributed by atoms with van der Waals surface area (Å²) in [7, 11) is 0. The Hall–Kier alpha value is -0.610. The minimum atomic E-state index is 0.760. The third-order valence-corrected chi connectivity index (χ3v) is 5.88. The van der Waals surface area contributed by atoms with E-state index in [1.165, 1.54) is 60.8 Å². The summed E-state index contributed by atoms with van der Waals surface area (Å²) in [6.45, 7) is 8.93. The van der Waals surface area contributed by atoms with Gasteiger partial charge in [-0.1, -0.05) is 13.3 Å². The average Bonchev–Trinajstić information content (AvgIpc) is 3.20. The topological polar surface area (TPSA) is 28.2 Å². The SMILES string of the molecule is CCCNCc1sc(N(CC)CC2CCC2)nc1C1CC1. The fourth-order valence-corrected chi connectivity index (χ4v) is 4.18. The number of nitrogens with one attached hydrogen (secondary N) is 1. The highest BCUT2D eigenvalue weighted by atomic mass is 32.1. The fourth-order valence-electron chi connectivity index (χ4n) is 3.00. The van der Waals surface area contributed by atoms with Crippen molar-refractivity contribution >= 4 is 16.5 Å². The summed E-state index contributed by atoms with van der Waals surface area (Å²) < 4.78 is 0. The monoisotopic (exact) mass is 307 g/mol. The maximum Gasteiger partial charge on any atom is 0.185 e. The molecule has 2 saturated carbocycles. The molecule has 21 heavy (non-hydrogen) atoms. The van der Waals surface area contributed by atoms with Crippen molar-refractivity contribution in [1.29, 1.82) is 0 Å². The van der Waals surface area contributed by atoms with Gasteiger partial charge in [0.15, 0.2) is 5.13 Å². The molecule has 0 bridgehead atoms. The van der Waals surface area contributed by atoms with Gasteiger partial charge in [-0.05, 0) is 51.5 Å². The number of anilines is 1. The lowest BCUT2D eigenvalue weighted by molar-refractivity contribution is 0.318. The van der Waals surface area contributed by atoms with Gasteiger partial charge in [0, 0.05) is 30.4 Å². The van der Waals surface area contributed by atoms with Gasteiger partial charge in [0.05, 0.1) is 5.69 Å². The molecule has 0 atom stereocenters. The number of hydrogen-bond acceptors (Lipinski definition) is 4. The summed E-state index contributed by atoms with van der Waals surface area (Å²) in [5.41, 5.74) is 1.41. The smallest absolute Gasteiger partial charge is 0.185 e. The van der Waals surface area contributed by atoms with E-state index in [9.17, 15) is 0 Å². The van der Waals surface area contributed by atoms with E-state index in [2.05, 4.69) is 24.1 Å². The molecule has 0 radical (unpaired) electrons. The summed E-state index contributed by atoms with van der Waals surface area (Å²) in [6.07, 6.45) is 8.16. The van der Waals surface area contributed by atoms with Gasteiger partial charge in [-0.25, -0.2) is 4.98 Å². The van der Waals surface area contributed by atoms with Gasteiger partial charge in [0.1, 0.15) is 0 Å². The highest BCUT2D eigenvalue weighted by Crippen LogP contribution is 2.44. The van der Waals surface area contributed by atoms with E-state index in [-0.39, 0.29) is 0 Å². The Morgan fingerprint density at radius 3 is 2.62 bits per heavy atom. The lowest BCUT2D eigenvalue weighted by atomic mass is 9.85. The van der Waals surface area contributed by atoms with Gasteiger partial charge in [0.2, 0.25) is 0 Å². The van der Waals surface area contributed by atoms with E-state index in [0.717, 1.165) is 31.5 Å². The minimum Gasteiger partial charge on any atom is -0.348 e. The molecule has 1 aromatic heterocycles. The van der Waals surface area contributed by atoms with Crippen molar-refractivity contribution in [1.82, 2.24) is 10.3 Å². The largest absolute Gasteiger partial charge is 0.348 e. The number of thiazole rings is 1. The van der Waals surface area contributed by atoms with Gasteiger partial charge in [-0.15, -0.1) is 11.3 Å². The zero-order valence-corrected chi connectivity index (χ0v) is 14.3. The zero-order valence-electron chi connectivity index (χ0n) is 13.5. The first-order valence-electron chi connectivity index (χ1n) is 8.77. The molecule has 2 fully saturated rings. The van der Waals surface area contributed by atoms with Crippen LogP contribution in [0.15, 0.2) is 0 Å². The first kappa shape index (κ1) is 15.3. The molecule has 2 aliphatic carbocycles. The summed E-state index contributed by atoms with van der Waals surface area (Å²) in [4.78, 5) is 9.05. The second-order valence-electron chi connectivity index (χ2n) is 6.59. The van der Waals surface area contributed by atoms with Crippen molar-refractivity contribution in [3.8, 4) is 0 Å². The molecule has 0 saturated heterocycles. The van der Waals surface area contributed by atoms with Crippen LogP contribution in [-0.4, -0.2) is 24.6 Å². The Morgan fingerprint density at radius 2 is 2.05 bits per heavy atom. The van der Waals surface area contributed by atoms with Crippen LogP contribution < -0.4 is 10.2 Å². The van der Waals surface area contributed by atoms with E-state index in [4.69, 9.17) is 4.98 Å². The normalized spacial score (nSPS) is 18.8. The third kappa shape index (κ3) is 3.78. The van der Waals surface area contributed by atoms with Crippen molar-refractivity contribution in [2.75, 3.05) is 24.5 Å². The summed E-state index contributed by atoms with van der Waals surface area (Å²) >= 11 is 1.94. The number of rotatable bonds is 9. The Kier molecular flexibility index (Phi) is 5.17. The molecule has 0 spiro atoms. The molecule has 0 unspecified atom stereocenters. The molecule has 3 nitrogen and oxygen atoms in total. The second-order valence-corrected chi connectivity index (χ2v) is 7.65. The predicted octanol–water partition coefficient (Wildman–Crippen LogP) is 4.15. The van der Waals surface area contributed by atoms with Crippen LogP contribution in [0, 0.1) is 5.92 Å². The maximum atomic E-state index is 5.04. The summed E-state index contributed by atoms with van der Waals surface area (Å²) in [6, 6.07) is 0. The highest BCUT2D eigenvalue weighted by molar-refractivity contribution is 7.15. The van der Waals surface area contributed by atoms with Gasteiger partial charge in [-0.3, -0.25) is 0 Å². The van der Waals surface area contributed by atoms with Crippen LogP contribution in [0.25, 0.3) is 0 Å². The van der Waals surface area contributed by atoms with E-state index >= 15 is 0 Å². The first-order valence-corrected chi connectivity index (χ1v) is 9.58. The van der Waals surface area contributed by atoms with Gasteiger partial charge in [-0.2, -0.15) is 0 Å². The maximum absolute atomic E-state index is 5.04. The van der Waals surface area contributed by atoms with Crippen LogP contribution in [0.4, 0.5) is 5.13 Å². The fraction of sp³-hybridized carbons (Fsp3) is 0.824. The van der Waals surface area contributed by atoms with Crippen LogP contribution >= 0.6 is 11.3 Å². The van der Waals surface area contributed by atoms with Crippen molar-refractivity contribution < 1.29 is 0 Å². The summed E-state index contributed by atoms with van der Waals surface area (Å²) in [5, 5.41) is 4.84. The molecule has 0 aliphatic heterocycles. The molecule has 3 rings (SSSR count). The molecule has 118 valence electrons. The molecule has 1 N–H and O–H groups in total. The first-order chi connectivity index (χ1) is 10.3. The molecule has 2 aliphatic rings. The lowest BCUT2D eigenvalue weighted by Crippen LogP contribution is -2.32. The number of aromatic nitrogens is 1. The van der Waals surface area contributed by atoms with E-state index < -0.39 is 0 Å². The van der Waals surface area contributed by atoms with Crippen molar-refractivity contribution in [3.05, 3.63) is 10.6 Å². The molecular weight excluding hydrogens is 278 g/mol. The van der Waals surface area contributed by atoms with Gasteiger partial charge >= 0.3 is 0 Å². The van der Waals surface area contributed by atoms with Crippen LogP contribution in [0.2, 0.25) is 0 Å². The standard InChI is InChI=1S/C17H29N3S/c1-3-10-18-11-15-16(14-8-9-14)19-17(21-15)20(4-2)12-13-6-5-7-13/h13-14,18H,3-12H2,1-2H3. The molecule has 0 amide bonds. The predicted molar refractivity (Wildman–Crippen MR) is 91.3 cm³/mol. The highest BCUT2D eigenvalue weighted by Gasteiger charge is 2.31. The quantitative estimate of drug-likeness (QED) is 0.695. The number of nitrogens with zero attached hydrogens (tertiary/aromatic N) is 2. The lowest BCUT2D eigenvalue weighted by Gasteiger charge is -2.31. The van der Waals surface area contributed by atoms with Crippen LogP contribution in [-0.2, 0) is 6.54 Å². The van der Waals surface area contributed by atoms with Gasteiger partial charge < -0.3 is 10.2 Å². The van der Waals surface area contributed by atoms with Gasteiger partial charge in [0.25, 0.3) is 0 Å². The average molecular weight is 308 g/mol. The van der Waals surface area contributed by atoms with E-state index in [0.29, 0.717) is 0 Å². The Labute approximate surface area is 133 Å². The molecule has 1 heterocycles. The van der Waals surface area contributed by atoms with Crippen LogP contribution in [0.3, 0.4) is 0 Å². The molecule has 0 aromatic carbocycles. The molecule has 1 aromatic rings. The third-order valence-electron chi connectivity index (χ3n) is 4.75. The van der Waals surface area contributed by atoms with Crippen molar-refractivity contribution in [3.63, 3.8) is 0 Å². The second kappa shape index (κ2) is 7.10. The van der Waals surface area contributed by atoms with E-state index in [1.807, 2.05) is 11.3 Å². The zero-order chi connectivity index (χ0) is 14.7. The van der Waals surface area contributed by atoms with Crippen LogP contribution in [0.1, 0.15) is 68.9 Å². The summed E-state index contributed by atoms with van der Waals surface area (Å²) in [5.74, 6) is 1.68. The van der Waals surface area contributed by atoms with Crippen molar-refractivity contribution in [2.24, 2.45) is 5.92 Å². The molecular formula is C17H29N3S. The molecule has 4 heteroatoms. The van der Waals surface area contributed by atoms with Crippen LogP contribution in [0.5, 0.6) is 0 Å². The minimum absolute atomic E-state index is 0.760. The van der Waals surface area contributed by atoms with Crippen molar-refractivity contribution in [2.45, 2.75) is 64.8 Å². The Bertz CT molecular complexity index is 449. The Morgan fingerprint density at radius 1 is 1.24 bits per heavy atom. The Balaban J connectivity index is 1.69.